The molecule has 1 amide bonds. The molecule has 0 unspecified atom stereocenters. The van der Waals surface area contributed by atoms with Crippen molar-refractivity contribution >= 4 is 29.3 Å². The number of nitrogens with zero attached hydrogens (tertiary/aromatic N) is 1. The summed E-state index contributed by atoms with van der Waals surface area (Å²) in [6, 6.07) is 15.5. The van der Waals surface area contributed by atoms with Gasteiger partial charge in [-0.15, -0.1) is 11.8 Å². The van der Waals surface area contributed by atoms with E-state index in [4.69, 9.17) is 11.6 Å². The van der Waals surface area contributed by atoms with E-state index in [1.54, 1.807) is 16.7 Å². The Kier molecular flexibility index (Phi) is 5.26. The van der Waals surface area contributed by atoms with Crippen LogP contribution in [0.25, 0.3) is 0 Å². The molecule has 0 aromatic heterocycles. The lowest BCUT2D eigenvalue weighted by molar-refractivity contribution is 0.0765. The highest BCUT2D eigenvalue weighted by Gasteiger charge is 2.25. The van der Waals surface area contributed by atoms with Gasteiger partial charge in [0.1, 0.15) is 0 Å². The minimum absolute atomic E-state index is 0.00143. The van der Waals surface area contributed by atoms with E-state index in [-0.39, 0.29) is 12.0 Å². The van der Waals surface area contributed by atoms with E-state index in [0.717, 1.165) is 10.8 Å². The maximum absolute atomic E-state index is 12.3. The zero-order valence-corrected chi connectivity index (χ0v) is 14.2. The van der Waals surface area contributed by atoms with Crippen molar-refractivity contribution in [2.75, 3.05) is 13.1 Å². The summed E-state index contributed by atoms with van der Waals surface area (Å²) in [4.78, 5) is 15.2. The lowest BCUT2D eigenvalue weighted by Gasteiger charge is -2.15. The van der Waals surface area contributed by atoms with E-state index in [0.29, 0.717) is 25.1 Å². The first-order chi connectivity index (χ1) is 11.1. The predicted molar refractivity (Wildman–Crippen MR) is 94.0 cm³/mol. The molecular weight excluding hydrogens is 330 g/mol. The normalized spacial score (nSPS) is 17.5. The molecule has 0 aliphatic carbocycles. The van der Waals surface area contributed by atoms with Crippen molar-refractivity contribution in [2.24, 2.45) is 0 Å². The maximum atomic E-state index is 12.3. The predicted octanol–water partition coefficient (Wildman–Crippen LogP) is 3.84. The minimum atomic E-state index is -0.381. The smallest absolute Gasteiger partial charge is 0.253 e. The largest absolute Gasteiger partial charge is 0.391 e. The zero-order valence-electron chi connectivity index (χ0n) is 12.6. The van der Waals surface area contributed by atoms with E-state index in [1.807, 2.05) is 48.5 Å². The van der Waals surface area contributed by atoms with Crippen LogP contribution in [0.3, 0.4) is 0 Å². The third kappa shape index (κ3) is 4.28. The number of carbonyl (C=O) groups is 1. The second kappa shape index (κ2) is 7.39. The molecule has 0 saturated carbocycles. The Labute approximate surface area is 145 Å². The Morgan fingerprint density at radius 1 is 1.17 bits per heavy atom. The van der Waals surface area contributed by atoms with E-state index in [2.05, 4.69) is 0 Å². The van der Waals surface area contributed by atoms with Crippen molar-refractivity contribution in [3.05, 3.63) is 64.7 Å². The second-order valence-electron chi connectivity index (χ2n) is 5.63. The first-order valence-electron chi connectivity index (χ1n) is 7.56. The molecule has 1 aliphatic heterocycles. The number of thioether (sulfide) groups is 1. The number of halogens is 1. The van der Waals surface area contributed by atoms with E-state index in [1.165, 1.54) is 10.5 Å². The molecule has 3 nitrogen and oxygen atoms in total. The highest BCUT2D eigenvalue weighted by Crippen LogP contribution is 2.24. The number of aliphatic hydroxyl groups excluding tert-OH is 1. The van der Waals surface area contributed by atoms with Gasteiger partial charge in [0.15, 0.2) is 0 Å². The number of carbonyl (C=O) groups excluding carboxylic acids is 1. The van der Waals surface area contributed by atoms with Gasteiger partial charge in [0.25, 0.3) is 5.91 Å². The molecule has 1 atom stereocenters. The Balaban J connectivity index is 1.58. The van der Waals surface area contributed by atoms with Gasteiger partial charge in [0, 0.05) is 34.3 Å². The van der Waals surface area contributed by atoms with E-state index < -0.39 is 0 Å². The van der Waals surface area contributed by atoms with Gasteiger partial charge in [-0.25, -0.2) is 0 Å². The van der Waals surface area contributed by atoms with E-state index >= 15 is 0 Å². The Hall–Kier alpha value is -1.49. The molecule has 5 heteroatoms. The number of amides is 1. The molecular formula is C18H18ClNO2S. The minimum Gasteiger partial charge on any atom is -0.391 e. The van der Waals surface area contributed by atoms with Crippen LogP contribution in [-0.2, 0) is 5.75 Å². The molecule has 1 aliphatic rings. The molecule has 3 rings (SSSR count). The highest BCUT2D eigenvalue weighted by molar-refractivity contribution is 7.98. The summed E-state index contributed by atoms with van der Waals surface area (Å²) in [5.74, 6) is 0.844. The van der Waals surface area contributed by atoms with Crippen molar-refractivity contribution in [1.29, 1.82) is 0 Å². The van der Waals surface area contributed by atoms with Crippen LogP contribution in [0.15, 0.2) is 53.4 Å². The van der Waals surface area contributed by atoms with Crippen molar-refractivity contribution in [2.45, 2.75) is 23.2 Å². The fourth-order valence-electron chi connectivity index (χ4n) is 2.55. The van der Waals surface area contributed by atoms with Gasteiger partial charge >= 0.3 is 0 Å². The molecule has 2 aromatic rings. The van der Waals surface area contributed by atoms with Crippen LogP contribution in [0.4, 0.5) is 0 Å². The van der Waals surface area contributed by atoms with Gasteiger partial charge < -0.3 is 10.0 Å². The number of benzene rings is 2. The summed E-state index contributed by atoms with van der Waals surface area (Å²) in [5, 5.41) is 10.3. The second-order valence-corrected chi connectivity index (χ2v) is 7.12. The highest BCUT2D eigenvalue weighted by atomic mass is 35.5. The summed E-state index contributed by atoms with van der Waals surface area (Å²) < 4.78 is 0. The number of rotatable bonds is 4. The average molecular weight is 348 g/mol. The maximum Gasteiger partial charge on any atom is 0.253 e. The first kappa shape index (κ1) is 16.4. The standard InChI is InChI=1S/C18H18ClNO2S/c19-15-5-7-17(8-6-15)23-12-13-1-3-14(4-2-13)18(22)20-10-9-16(21)11-20/h1-8,16,21H,9-12H2/t16-/m1/s1. The summed E-state index contributed by atoms with van der Waals surface area (Å²) >= 11 is 7.61. The molecule has 2 aromatic carbocycles. The van der Waals surface area contributed by atoms with Gasteiger partial charge in [0.2, 0.25) is 0 Å². The fourth-order valence-corrected chi connectivity index (χ4v) is 3.53. The van der Waals surface area contributed by atoms with Crippen LogP contribution in [-0.4, -0.2) is 35.1 Å². The Bertz CT molecular complexity index is 672. The molecule has 120 valence electrons. The summed E-state index contributed by atoms with van der Waals surface area (Å²) in [5.41, 5.74) is 1.85. The lowest BCUT2D eigenvalue weighted by atomic mass is 10.1. The average Bonchev–Trinajstić information content (AvgIpc) is 3.01. The van der Waals surface area contributed by atoms with E-state index in [9.17, 15) is 9.90 Å². The lowest BCUT2D eigenvalue weighted by Crippen LogP contribution is -2.29. The summed E-state index contributed by atoms with van der Waals surface area (Å²) in [7, 11) is 0. The molecule has 0 bridgehead atoms. The molecule has 1 saturated heterocycles. The monoisotopic (exact) mass is 347 g/mol. The number of hydrogen-bond donors (Lipinski definition) is 1. The fraction of sp³-hybridized carbons (Fsp3) is 0.278. The van der Waals surface area contributed by atoms with Crippen LogP contribution in [0, 0.1) is 0 Å². The molecule has 1 N–H and O–H groups in total. The summed E-state index contributed by atoms with van der Waals surface area (Å²) in [6.07, 6.45) is 0.288. The van der Waals surface area contributed by atoms with Gasteiger partial charge in [0.05, 0.1) is 6.10 Å². The van der Waals surface area contributed by atoms with Crippen LogP contribution in [0.1, 0.15) is 22.3 Å². The molecule has 0 spiro atoms. The third-order valence-corrected chi connectivity index (χ3v) is 5.21. The topological polar surface area (TPSA) is 40.5 Å². The Morgan fingerprint density at radius 2 is 1.87 bits per heavy atom. The number of hydrogen-bond acceptors (Lipinski definition) is 3. The first-order valence-corrected chi connectivity index (χ1v) is 8.93. The van der Waals surface area contributed by atoms with Gasteiger partial charge in [-0.1, -0.05) is 23.7 Å². The summed E-state index contributed by atoms with van der Waals surface area (Å²) in [6.45, 7) is 1.07. The molecule has 23 heavy (non-hydrogen) atoms. The molecule has 0 radical (unpaired) electrons. The van der Waals surface area contributed by atoms with Crippen molar-refractivity contribution in [1.82, 2.24) is 4.90 Å². The number of aliphatic hydroxyl groups is 1. The number of β-amino-alcohol motifs (C(OH)–C–C–N with tert-alkyl or cyclic N) is 1. The molecule has 1 fully saturated rings. The van der Waals surface area contributed by atoms with Crippen molar-refractivity contribution in [3.8, 4) is 0 Å². The van der Waals surface area contributed by atoms with Gasteiger partial charge in [-0.05, 0) is 48.4 Å². The quantitative estimate of drug-likeness (QED) is 0.854. The van der Waals surface area contributed by atoms with Gasteiger partial charge in [-0.2, -0.15) is 0 Å². The van der Waals surface area contributed by atoms with Crippen molar-refractivity contribution < 1.29 is 9.90 Å². The van der Waals surface area contributed by atoms with Crippen LogP contribution in [0.5, 0.6) is 0 Å². The zero-order chi connectivity index (χ0) is 16.2. The van der Waals surface area contributed by atoms with Crippen molar-refractivity contribution in [3.63, 3.8) is 0 Å². The van der Waals surface area contributed by atoms with Crippen LogP contribution >= 0.6 is 23.4 Å². The number of likely N-dealkylation sites (tertiary alicyclic amines) is 1. The van der Waals surface area contributed by atoms with Gasteiger partial charge in [-0.3, -0.25) is 4.79 Å². The Morgan fingerprint density at radius 3 is 2.48 bits per heavy atom. The SMILES string of the molecule is O=C(c1ccc(CSc2ccc(Cl)cc2)cc1)N1CC[C@@H](O)C1. The van der Waals surface area contributed by atoms with Crippen LogP contribution < -0.4 is 0 Å². The van der Waals surface area contributed by atoms with Crippen LogP contribution in [0.2, 0.25) is 5.02 Å². The third-order valence-electron chi connectivity index (χ3n) is 3.87. The molecule has 1 heterocycles.